The first kappa shape index (κ1) is 20.7. The first-order chi connectivity index (χ1) is 15.9. The molecule has 0 saturated carbocycles. The Morgan fingerprint density at radius 1 is 0.909 bits per heavy atom. The van der Waals surface area contributed by atoms with Crippen LogP contribution in [0.3, 0.4) is 0 Å². The van der Waals surface area contributed by atoms with Gasteiger partial charge in [-0.15, -0.1) is 13.2 Å². The van der Waals surface area contributed by atoms with Gasteiger partial charge in [-0.1, -0.05) is 24.3 Å². The van der Waals surface area contributed by atoms with E-state index in [9.17, 15) is 17.6 Å². The first-order valence-electron chi connectivity index (χ1n) is 9.94. The number of fused-ring (bicyclic) bond motifs is 1. The summed E-state index contributed by atoms with van der Waals surface area (Å²) in [4.78, 5) is 8.76. The fourth-order valence-electron chi connectivity index (χ4n) is 3.73. The van der Waals surface area contributed by atoms with Gasteiger partial charge in [0.15, 0.2) is 0 Å². The van der Waals surface area contributed by atoms with Crippen molar-refractivity contribution in [3.8, 4) is 22.7 Å². The van der Waals surface area contributed by atoms with Crippen LogP contribution in [0.2, 0.25) is 0 Å². The Labute approximate surface area is 185 Å². The van der Waals surface area contributed by atoms with E-state index in [1.54, 1.807) is 43.0 Å². The van der Waals surface area contributed by atoms with Crippen molar-refractivity contribution in [1.82, 2.24) is 19.1 Å². The van der Waals surface area contributed by atoms with Crippen molar-refractivity contribution in [2.45, 2.75) is 12.9 Å². The second-order valence-corrected chi connectivity index (χ2v) is 7.36. The SMILES string of the molecule is Fc1ccc(-c2ccnc3c2ccn3-c2cncn2Cc2ccc(OC(F)(F)F)cc2)cc1. The van der Waals surface area contributed by atoms with Crippen molar-refractivity contribution in [2.24, 2.45) is 0 Å². The third-order valence-electron chi connectivity index (χ3n) is 5.19. The van der Waals surface area contributed by atoms with E-state index in [0.29, 0.717) is 12.2 Å². The summed E-state index contributed by atoms with van der Waals surface area (Å²) in [6.45, 7) is 0.388. The molecular formula is C24H16F4N4O. The van der Waals surface area contributed by atoms with Gasteiger partial charge >= 0.3 is 6.36 Å². The van der Waals surface area contributed by atoms with Gasteiger partial charge in [0.25, 0.3) is 0 Å². The highest BCUT2D eigenvalue weighted by molar-refractivity contribution is 5.93. The number of halogens is 4. The van der Waals surface area contributed by atoms with E-state index in [0.717, 1.165) is 27.9 Å². The molecule has 0 radical (unpaired) electrons. The summed E-state index contributed by atoms with van der Waals surface area (Å²) < 4.78 is 58.2. The van der Waals surface area contributed by atoms with Crippen molar-refractivity contribution in [1.29, 1.82) is 0 Å². The van der Waals surface area contributed by atoms with Crippen LogP contribution in [-0.4, -0.2) is 25.5 Å². The van der Waals surface area contributed by atoms with E-state index in [1.165, 1.54) is 24.3 Å². The number of pyridine rings is 1. The molecule has 0 N–H and O–H groups in total. The first-order valence-corrected chi connectivity index (χ1v) is 9.94. The molecule has 2 aromatic carbocycles. The molecule has 9 heteroatoms. The minimum atomic E-state index is -4.73. The largest absolute Gasteiger partial charge is 0.573 e. The van der Waals surface area contributed by atoms with Crippen LogP contribution in [0.15, 0.2) is 85.6 Å². The lowest BCUT2D eigenvalue weighted by atomic mass is 10.0. The molecule has 0 spiro atoms. The molecule has 3 aromatic heterocycles. The highest BCUT2D eigenvalue weighted by atomic mass is 19.4. The summed E-state index contributed by atoms with van der Waals surface area (Å²) in [7, 11) is 0. The Morgan fingerprint density at radius 2 is 1.67 bits per heavy atom. The summed E-state index contributed by atoms with van der Waals surface area (Å²) in [5.41, 5.74) is 3.27. The normalized spacial score (nSPS) is 11.8. The lowest BCUT2D eigenvalue weighted by Crippen LogP contribution is -2.17. The lowest BCUT2D eigenvalue weighted by Gasteiger charge is -2.12. The van der Waals surface area contributed by atoms with Gasteiger partial charge in [0.1, 0.15) is 23.0 Å². The van der Waals surface area contributed by atoms with E-state index in [4.69, 9.17) is 0 Å². The number of alkyl halides is 3. The van der Waals surface area contributed by atoms with Crippen molar-refractivity contribution in [2.75, 3.05) is 0 Å². The Bertz CT molecular complexity index is 1400. The van der Waals surface area contributed by atoms with E-state index < -0.39 is 6.36 Å². The predicted molar refractivity (Wildman–Crippen MR) is 114 cm³/mol. The molecule has 5 nitrogen and oxygen atoms in total. The fraction of sp³-hybridized carbons (Fsp3) is 0.0833. The molecule has 0 aliphatic heterocycles. The van der Waals surface area contributed by atoms with Gasteiger partial charge in [-0.25, -0.2) is 14.4 Å². The highest BCUT2D eigenvalue weighted by Crippen LogP contribution is 2.30. The number of hydrogen-bond donors (Lipinski definition) is 0. The zero-order chi connectivity index (χ0) is 23.0. The van der Waals surface area contributed by atoms with E-state index in [-0.39, 0.29) is 11.6 Å². The predicted octanol–water partition coefficient (Wildman–Crippen LogP) is 5.98. The standard InChI is InChI=1S/C24H16F4N4O/c25-18-5-3-17(4-6-18)20-9-11-30-23-21(20)10-12-32(23)22-13-29-15-31(22)14-16-1-7-19(8-2-16)33-24(26,27)28/h1-13,15H,14H2. The molecule has 0 amide bonds. The van der Waals surface area contributed by atoms with Gasteiger partial charge in [-0.3, -0.25) is 4.57 Å². The number of aromatic nitrogens is 4. The molecule has 5 aromatic rings. The van der Waals surface area contributed by atoms with Crippen LogP contribution >= 0.6 is 0 Å². The molecule has 0 unspecified atom stereocenters. The van der Waals surface area contributed by atoms with Crippen LogP contribution in [0.25, 0.3) is 28.0 Å². The summed E-state index contributed by atoms with van der Waals surface area (Å²) >= 11 is 0. The molecule has 3 heterocycles. The molecule has 0 atom stereocenters. The molecule has 5 rings (SSSR count). The average molecular weight is 452 g/mol. The van der Waals surface area contributed by atoms with Crippen LogP contribution < -0.4 is 4.74 Å². The van der Waals surface area contributed by atoms with Crippen molar-refractivity contribution in [3.63, 3.8) is 0 Å². The number of hydrogen-bond acceptors (Lipinski definition) is 3. The Hall–Kier alpha value is -4.14. The molecule has 0 fully saturated rings. The van der Waals surface area contributed by atoms with Gasteiger partial charge in [-0.05, 0) is 53.1 Å². The van der Waals surface area contributed by atoms with Crippen LogP contribution in [0.4, 0.5) is 17.6 Å². The minimum absolute atomic E-state index is 0.272. The Kier molecular flexibility index (Phi) is 5.08. The molecular weight excluding hydrogens is 436 g/mol. The average Bonchev–Trinajstić information content (AvgIpc) is 3.41. The summed E-state index contributed by atoms with van der Waals surface area (Å²) in [5, 5.41) is 0.894. The number of imidazole rings is 1. The quantitative estimate of drug-likeness (QED) is 0.309. The lowest BCUT2D eigenvalue weighted by molar-refractivity contribution is -0.274. The number of benzene rings is 2. The van der Waals surface area contributed by atoms with Crippen LogP contribution in [0, 0.1) is 5.82 Å². The second kappa shape index (κ2) is 8.09. The van der Waals surface area contributed by atoms with Gasteiger partial charge < -0.3 is 9.30 Å². The maximum Gasteiger partial charge on any atom is 0.573 e. The number of rotatable bonds is 5. The number of nitrogens with zero attached hydrogens (tertiary/aromatic N) is 4. The third kappa shape index (κ3) is 4.30. The van der Waals surface area contributed by atoms with E-state index in [1.807, 2.05) is 27.5 Å². The molecule has 33 heavy (non-hydrogen) atoms. The summed E-state index contributed by atoms with van der Waals surface area (Å²) in [5.74, 6) is 0.166. The van der Waals surface area contributed by atoms with Gasteiger partial charge in [-0.2, -0.15) is 0 Å². The molecule has 0 saturated heterocycles. The maximum absolute atomic E-state index is 13.3. The molecule has 166 valence electrons. The van der Waals surface area contributed by atoms with Crippen LogP contribution in [-0.2, 0) is 6.54 Å². The zero-order valence-corrected chi connectivity index (χ0v) is 17.0. The maximum atomic E-state index is 13.3. The Morgan fingerprint density at radius 3 is 2.39 bits per heavy atom. The minimum Gasteiger partial charge on any atom is -0.406 e. The van der Waals surface area contributed by atoms with Gasteiger partial charge in [0.05, 0.1) is 19.1 Å². The topological polar surface area (TPSA) is 44.9 Å². The van der Waals surface area contributed by atoms with E-state index in [2.05, 4.69) is 14.7 Å². The van der Waals surface area contributed by atoms with E-state index >= 15 is 0 Å². The molecule has 0 aliphatic rings. The highest BCUT2D eigenvalue weighted by Gasteiger charge is 2.30. The second-order valence-electron chi connectivity index (χ2n) is 7.36. The van der Waals surface area contributed by atoms with Crippen LogP contribution in [0.5, 0.6) is 5.75 Å². The monoisotopic (exact) mass is 452 g/mol. The number of ether oxygens (including phenoxy) is 1. The van der Waals surface area contributed by atoms with Crippen molar-refractivity contribution in [3.05, 3.63) is 97.0 Å². The van der Waals surface area contributed by atoms with Gasteiger partial charge in [0, 0.05) is 17.8 Å². The summed E-state index contributed by atoms with van der Waals surface area (Å²) in [6.07, 6.45) is 2.17. The molecule has 0 bridgehead atoms. The summed E-state index contributed by atoms with van der Waals surface area (Å²) in [6, 6.07) is 15.8. The zero-order valence-electron chi connectivity index (χ0n) is 17.0. The van der Waals surface area contributed by atoms with Gasteiger partial charge in [0.2, 0.25) is 0 Å². The Balaban J connectivity index is 1.46. The van der Waals surface area contributed by atoms with Crippen LogP contribution in [0.1, 0.15) is 5.56 Å². The van der Waals surface area contributed by atoms with Crippen molar-refractivity contribution >= 4 is 11.0 Å². The third-order valence-corrected chi connectivity index (χ3v) is 5.19. The van der Waals surface area contributed by atoms with Crippen molar-refractivity contribution < 1.29 is 22.3 Å². The fourth-order valence-corrected chi connectivity index (χ4v) is 3.73. The smallest absolute Gasteiger partial charge is 0.406 e. The molecule has 0 aliphatic carbocycles.